The number of likely N-dealkylation sites (tertiary alicyclic amines) is 1. The van der Waals surface area contributed by atoms with Crippen molar-refractivity contribution in [1.29, 1.82) is 0 Å². The number of halogens is 1. The summed E-state index contributed by atoms with van der Waals surface area (Å²) in [4.78, 5) is 14.2. The number of quaternary nitrogens is 1. The van der Waals surface area contributed by atoms with Gasteiger partial charge in [-0.25, -0.2) is 8.42 Å². The Hall–Kier alpha value is -1.15. The van der Waals surface area contributed by atoms with E-state index in [0.29, 0.717) is 12.6 Å². The Balaban J connectivity index is 1.99. The molecule has 8 heteroatoms. The van der Waals surface area contributed by atoms with Gasteiger partial charge < -0.3 is 10.2 Å². The van der Waals surface area contributed by atoms with Crippen molar-refractivity contribution >= 4 is 27.5 Å². The predicted molar refractivity (Wildman–Crippen MR) is 112 cm³/mol. The minimum absolute atomic E-state index is 0.0739. The Morgan fingerprint density at radius 1 is 1.36 bits per heavy atom. The molecule has 2 rings (SSSR count). The highest BCUT2D eigenvalue weighted by Gasteiger charge is 2.25. The van der Waals surface area contributed by atoms with Gasteiger partial charge in [-0.3, -0.25) is 4.79 Å². The van der Waals surface area contributed by atoms with Crippen LogP contribution in [-0.4, -0.2) is 57.4 Å². The van der Waals surface area contributed by atoms with E-state index in [2.05, 4.69) is 12.2 Å². The molecule has 2 N–H and O–H groups in total. The highest BCUT2D eigenvalue weighted by atomic mass is 35.5. The van der Waals surface area contributed by atoms with Crippen LogP contribution < -0.4 is 10.2 Å². The van der Waals surface area contributed by atoms with Crippen molar-refractivity contribution in [1.82, 2.24) is 9.62 Å². The van der Waals surface area contributed by atoms with Gasteiger partial charge in [-0.15, -0.1) is 0 Å². The molecule has 28 heavy (non-hydrogen) atoms. The molecule has 1 fully saturated rings. The molecule has 1 amide bonds. The van der Waals surface area contributed by atoms with Crippen molar-refractivity contribution in [2.45, 2.75) is 63.4 Å². The van der Waals surface area contributed by atoms with E-state index >= 15 is 0 Å². The number of hydrogen-bond donors (Lipinski definition) is 2. The van der Waals surface area contributed by atoms with Crippen molar-refractivity contribution in [3.8, 4) is 0 Å². The lowest BCUT2D eigenvalue weighted by Crippen LogP contribution is -3.16. The van der Waals surface area contributed by atoms with Crippen LogP contribution >= 0.6 is 11.6 Å². The first kappa shape index (κ1) is 23.1. The third-order valence-corrected chi connectivity index (χ3v) is 7.99. The summed E-state index contributed by atoms with van der Waals surface area (Å²) in [6, 6.07) is 4.77. The predicted octanol–water partition coefficient (Wildman–Crippen LogP) is 1.95. The Kier molecular flexibility index (Phi) is 8.30. The van der Waals surface area contributed by atoms with Crippen LogP contribution in [0.2, 0.25) is 5.02 Å². The van der Waals surface area contributed by atoms with Crippen LogP contribution in [-0.2, 0) is 10.0 Å². The molecular weight excluding hydrogens is 398 g/mol. The Morgan fingerprint density at radius 3 is 2.71 bits per heavy atom. The van der Waals surface area contributed by atoms with Gasteiger partial charge >= 0.3 is 0 Å². The molecule has 1 aromatic rings. The zero-order valence-corrected chi connectivity index (χ0v) is 18.9. The van der Waals surface area contributed by atoms with Crippen LogP contribution in [0.4, 0.5) is 0 Å². The van der Waals surface area contributed by atoms with Gasteiger partial charge in [0.05, 0.1) is 34.6 Å². The number of amides is 1. The molecule has 1 heterocycles. The molecule has 6 nitrogen and oxygen atoms in total. The third kappa shape index (κ3) is 5.69. The molecule has 0 aliphatic carbocycles. The standard InChI is InChI=1S/C20H32ClN3O3S/c1-15(2)23(4)28(26,27)17-9-10-19(21)18(14-17)20(25)22-11-7-13-24-12-6-5-8-16(24)3/h9-10,14-16H,5-8,11-13H2,1-4H3,(H,22,25)/p+1/t16-/m0/s1. The summed E-state index contributed by atoms with van der Waals surface area (Å²) in [5.41, 5.74) is 0.193. The highest BCUT2D eigenvalue weighted by Crippen LogP contribution is 2.23. The normalized spacial score (nSPS) is 20.5. The smallest absolute Gasteiger partial charge is 0.252 e. The second-order valence-corrected chi connectivity index (χ2v) is 10.3. The van der Waals surface area contributed by atoms with E-state index < -0.39 is 10.0 Å². The molecule has 0 aromatic heterocycles. The van der Waals surface area contributed by atoms with E-state index in [9.17, 15) is 13.2 Å². The molecule has 0 saturated carbocycles. The van der Waals surface area contributed by atoms with E-state index in [1.54, 1.807) is 18.7 Å². The Bertz CT molecular complexity index is 783. The summed E-state index contributed by atoms with van der Waals surface area (Å²) in [6.07, 6.45) is 4.74. The molecule has 158 valence electrons. The summed E-state index contributed by atoms with van der Waals surface area (Å²) in [5, 5.41) is 3.13. The van der Waals surface area contributed by atoms with Crippen LogP contribution in [0.15, 0.2) is 23.1 Å². The average Bonchev–Trinajstić information content (AvgIpc) is 2.65. The van der Waals surface area contributed by atoms with Gasteiger partial charge in [-0.1, -0.05) is 11.6 Å². The highest BCUT2D eigenvalue weighted by molar-refractivity contribution is 7.89. The third-order valence-electron chi connectivity index (χ3n) is 5.63. The van der Waals surface area contributed by atoms with E-state index in [-0.39, 0.29) is 27.4 Å². The molecule has 1 aliphatic rings. The first-order chi connectivity index (χ1) is 13.1. The van der Waals surface area contributed by atoms with Crippen LogP contribution in [0.25, 0.3) is 0 Å². The second-order valence-electron chi connectivity index (χ2n) is 7.92. The lowest BCUT2D eigenvalue weighted by atomic mass is 10.0. The molecule has 1 aromatic carbocycles. The number of piperidine rings is 1. The number of nitrogens with zero attached hydrogens (tertiary/aromatic N) is 1. The topological polar surface area (TPSA) is 70.9 Å². The van der Waals surface area contributed by atoms with E-state index in [0.717, 1.165) is 13.0 Å². The minimum atomic E-state index is -3.67. The maximum absolute atomic E-state index is 12.7. The number of sulfonamides is 1. The lowest BCUT2D eigenvalue weighted by molar-refractivity contribution is -0.928. The Labute approximate surface area is 174 Å². The van der Waals surface area contributed by atoms with Gasteiger partial charge in [0.2, 0.25) is 10.0 Å². The number of carbonyl (C=O) groups is 1. The monoisotopic (exact) mass is 430 g/mol. The van der Waals surface area contributed by atoms with Gasteiger partial charge in [0.25, 0.3) is 5.91 Å². The summed E-state index contributed by atoms with van der Waals surface area (Å²) in [6.45, 7) is 8.66. The number of rotatable bonds is 8. The fraction of sp³-hybridized carbons (Fsp3) is 0.650. The van der Waals surface area contributed by atoms with Crippen LogP contribution in [0.1, 0.15) is 56.8 Å². The van der Waals surface area contributed by atoms with Crippen molar-refractivity contribution in [3.63, 3.8) is 0 Å². The number of benzene rings is 1. The fourth-order valence-electron chi connectivity index (χ4n) is 3.52. The molecule has 2 atom stereocenters. The van der Waals surface area contributed by atoms with Gasteiger partial charge in [0, 0.05) is 26.1 Å². The lowest BCUT2D eigenvalue weighted by Gasteiger charge is -2.30. The number of hydrogen-bond acceptors (Lipinski definition) is 3. The summed E-state index contributed by atoms with van der Waals surface area (Å²) in [7, 11) is -2.14. The van der Waals surface area contributed by atoms with Gasteiger partial charge in [0.1, 0.15) is 0 Å². The minimum Gasteiger partial charge on any atom is -0.352 e. The quantitative estimate of drug-likeness (QED) is 0.619. The maximum Gasteiger partial charge on any atom is 0.252 e. The molecule has 0 radical (unpaired) electrons. The molecule has 0 bridgehead atoms. The fourth-order valence-corrected chi connectivity index (χ4v) is 5.12. The van der Waals surface area contributed by atoms with E-state index in [1.807, 2.05) is 0 Å². The van der Waals surface area contributed by atoms with Crippen LogP contribution in [0.3, 0.4) is 0 Å². The zero-order chi connectivity index (χ0) is 20.9. The number of nitrogens with one attached hydrogen (secondary N) is 2. The van der Waals surface area contributed by atoms with Gasteiger partial charge in [-0.2, -0.15) is 4.31 Å². The van der Waals surface area contributed by atoms with Gasteiger partial charge in [0.15, 0.2) is 0 Å². The van der Waals surface area contributed by atoms with E-state index in [4.69, 9.17) is 11.6 Å². The summed E-state index contributed by atoms with van der Waals surface area (Å²) in [5.74, 6) is -0.337. The van der Waals surface area contributed by atoms with Crippen LogP contribution in [0, 0.1) is 0 Å². The molecule has 1 aliphatic heterocycles. The zero-order valence-electron chi connectivity index (χ0n) is 17.3. The second kappa shape index (κ2) is 10.1. The number of carbonyl (C=O) groups excluding carboxylic acids is 1. The largest absolute Gasteiger partial charge is 0.352 e. The summed E-state index contributed by atoms with van der Waals surface area (Å²) >= 11 is 6.16. The molecule has 1 unspecified atom stereocenters. The van der Waals surface area contributed by atoms with Crippen molar-refractivity contribution in [2.24, 2.45) is 0 Å². The first-order valence-corrected chi connectivity index (χ1v) is 11.9. The Morgan fingerprint density at radius 2 is 2.07 bits per heavy atom. The van der Waals surface area contributed by atoms with E-state index in [1.165, 1.54) is 55.4 Å². The van der Waals surface area contributed by atoms with Crippen LogP contribution in [0.5, 0.6) is 0 Å². The first-order valence-electron chi connectivity index (χ1n) is 10.0. The maximum atomic E-state index is 12.7. The van der Waals surface area contributed by atoms with Crippen molar-refractivity contribution < 1.29 is 18.1 Å². The molecule has 0 spiro atoms. The van der Waals surface area contributed by atoms with Gasteiger partial charge in [-0.05, 0) is 58.2 Å². The molecular formula is C20H33ClN3O3S+. The summed E-state index contributed by atoms with van der Waals surface area (Å²) < 4.78 is 26.6. The molecule has 1 saturated heterocycles. The van der Waals surface area contributed by atoms with Crippen molar-refractivity contribution in [3.05, 3.63) is 28.8 Å². The SMILES string of the molecule is CC(C)N(C)S(=O)(=O)c1ccc(Cl)c(C(=O)NCCC[NH+]2CCCC[C@@H]2C)c1. The van der Waals surface area contributed by atoms with Crippen molar-refractivity contribution in [2.75, 3.05) is 26.7 Å². The average molecular weight is 431 g/mol.